The molecule has 0 unspecified atom stereocenters. The van der Waals surface area contributed by atoms with Crippen LogP contribution >= 0.6 is 11.3 Å². The molecule has 0 aromatic carbocycles. The summed E-state index contributed by atoms with van der Waals surface area (Å²) in [7, 11) is 0. The van der Waals surface area contributed by atoms with E-state index < -0.39 is 0 Å². The maximum atomic E-state index is 9.28. The third-order valence-electron chi connectivity index (χ3n) is 1.69. The van der Waals surface area contributed by atoms with Crippen LogP contribution in [0.4, 0.5) is 0 Å². The van der Waals surface area contributed by atoms with Gasteiger partial charge in [0.25, 0.3) is 0 Å². The minimum absolute atomic E-state index is 0.499. The van der Waals surface area contributed by atoms with Crippen LogP contribution < -0.4 is 0 Å². The zero-order valence-corrected chi connectivity index (χ0v) is 7.16. The third kappa shape index (κ3) is 1.16. The van der Waals surface area contributed by atoms with Crippen LogP contribution in [0, 0.1) is 0 Å². The Morgan fingerprint density at radius 3 is 2.50 bits per heavy atom. The molecule has 1 heterocycles. The molecule has 0 radical (unpaired) electrons. The molecule has 0 saturated carbocycles. The molecule has 56 valence electrons. The molecule has 0 bridgehead atoms. The van der Waals surface area contributed by atoms with Crippen molar-refractivity contribution in [3.05, 3.63) is 16.5 Å². The van der Waals surface area contributed by atoms with Crippen molar-refractivity contribution in [2.75, 3.05) is 0 Å². The topological polar surface area (TPSA) is 20.2 Å². The molecule has 2 heteroatoms. The van der Waals surface area contributed by atoms with Crippen molar-refractivity contribution in [3.8, 4) is 5.06 Å². The van der Waals surface area contributed by atoms with Crippen molar-refractivity contribution in [1.82, 2.24) is 0 Å². The van der Waals surface area contributed by atoms with Gasteiger partial charge in [0.15, 0.2) is 5.06 Å². The van der Waals surface area contributed by atoms with Gasteiger partial charge in [0, 0.05) is 5.56 Å². The number of hydrogen-bond acceptors (Lipinski definition) is 2. The van der Waals surface area contributed by atoms with Gasteiger partial charge in [-0.2, -0.15) is 0 Å². The van der Waals surface area contributed by atoms with Gasteiger partial charge in [-0.25, -0.2) is 0 Å². The van der Waals surface area contributed by atoms with E-state index in [0.717, 1.165) is 18.4 Å². The minimum Gasteiger partial charge on any atom is -0.499 e. The van der Waals surface area contributed by atoms with E-state index in [1.807, 2.05) is 5.38 Å². The normalized spacial score (nSPS) is 10.2. The van der Waals surface area contributed by atoms with Crippen LogP contribution in [0.15, 0.2) is 5.38 Å². The summed E-state index contributed by atoms with van der Waals surface area (Å²) in [5.74, 6) is 0. The molecule has 1 aromatic rings. The van der Waals surface area contributed by atoms with Crippen molar-refractivity contribution in [3.63, 3.8) is 0 Å². The summed E-state index contributed by atoms with van der Waals surface area (Å²) in [6.07, 6.45) is 1.97. The maximum Gasteiger partial charge on any atom is 0.174 e. The second-order valence-corrected chi connectivity index (χ2v) is 3.11. The minimum atomic E-state index is 0.499. The van der Waals surface area contributed by atoms with Crippen LogP contribution in [0.5, 0.6) is 5.06 Å². The molecule has 0 spiro atoms. The quantitative estimate of drug-likeness (QED) is 0.697. The van der Waals surface area contributed by atoms with Crippen molar-refractivity contribution in [1.29, 1.82) is 0 Å². The molecule has 0 aliphatic carbocycles. The van der Waals surface area contributed by atoms with E-state index in [0.29, 0.717) is 5.06 Å². The Labute approximate surface area is 65.3 Å². The summed E-state index contributed by atoms with van der Waals surface area (Å²) < 4.78 is 0. The van der Waals surface area contributed by atoms with E-state index in [4.69, 9.17) is 0 Å². The first-order valence-corrected chi connectivity index (χ1v) is 4.45. The van der Waals surface area contributed by atoms with E-state index in [1.165, 1.54) is 16.9 Å². The van der Waals surface area contributed by atoms with E-state index >= 15 is 0 Å². The Balaban J connectivity index is 3.01. The van der Waals surface area contributed by atoms with Gasteiger partial charge < -0.3 is 5.11 Å². The largest absolute Gasteiger partial charge is 0.499 e. The summed E-state index contributed by atoms with van der Waals surface area (Å²) in [5, 5.41) is 11.8. The van der Waals surface area contributed by atoms with Crippen LogP contribution in [0.1, 0.15) is 25.0 Å². The van der Waals surface area contributed by atoms with Crippen molar-refractivity contribution in [2.24, 2.45) is 0 Å². The van der Waals surface area contributed by atoms with Gasteiger partial charge in [0.05, 0.1) is 0 Å². The van der Waals surface area contributed by atoms with E-state index in [2.05, 4.69) is 13.8 Å². The molecular formula is C8H12OS. The summed E-state index contributed by atoms with van der Waals surface area (Å²) in [6, 6.07) is 0. The lowest BCUT2D eigenvalue weighted by Gasteiger charge is -1.95. The molecule has 0 aliphatic heterocycles. The lowest BCUT2D eigenvalue weighted by atomic mass is 10.1. The van der Waals surface area contributed by atoms with Crippen molar-refractivity contribution in [2.45, 2.75) is 26.7 Å². The van der Waals surface area contributed by atoms with E-state index in [-0.39, 0.29) is 0 Å². The first-order chi connectivity index (χ1) is 4.79. The Hall–Kier alpha value is -0.500. The maximum absolute atomic E-state index is 9.28. The Bertz CT molecular complexity index is 215. The summed E-state index contributed by atoms with van der Waals surface area (Å²) in [5.41, 5.74) is 2.43. The third-order valence-corrected chi connectivity index (χ3v) is 2.57. The molecule has 0 amide bonds. The predicted molar refractivity (Wildman–Crippen MR) is 44.7 cm³/mol. The second-order valence-electron chi connectivity index (χ2n) is 2.25. The van der Waals surface area contributed by atoms with E-state index in [9.17, 15) is 5.11 Å². The molecule has 0 atom stereocenters. The summed E-state index contributed by atoms with van der Waals surface area (Å²) >= 11 is 1.44. The Morgan fingerprint density at radius 2 is 2.10 bits per heavy atom. The fourth-order valence-electron chi connectivity index (χ4n) is 1.08. The summed E-state index contributed by atoms with van der Waals surface area (Å²) in [4.78, 5) is 0. The number of hydrogen-bond donors (Lipinski definition) is 1. The van der Waals surface area contributed by atoms with Crippen LogP contribution in [0.2, 0.25) is 0 Å². The van der Waals surface area contributed by atoms with Crippen molar-refractivity contribution >= 4 is 11.3 Å². The highest BCUT2D eigenvalue weighted by Gasteiger charge is 2.05. The zero-order chi connectivity index (χ0) is 7.56. The van der Waals surface area contributed by atoms with Crippen molar-refractivity contribution < 1.29 is 5.11 Å². The zero-order valence-electron chi connectivity index (χ0n) is 6.35. The smallest absolute Gasteiger partial charge is 0.174 e. The van der Waals surface area contributed by atoms with Gasteiger partial charge >= 0.3 is 0 Å². The predicted octanol–water partition coefficient (Wildman–Crippen LogP) is 2.58. The molecule has 0 fully saturated rings. The monoisotopic (exact) mass is 156 g/mol. The average molecular weight is 156 g/mol. The lowest BCUT2D eigenvalue weighted by Crippen LogP contribution is -1.83. The molecule has 1 nitrogen and oxygen atoms in total. The number of aryl methyl sites for hydroxylation is 1. The number of aromatic hydroxyl groups is 1. The molecule has 1 rings (SSSR count). The molecule has 0 aliphatic rings. The molecule has 10 heavy (non-hydrogen) atoms. The lowest BCUT2D eigenvalue weighted by molar-refractivity contribution is 0.484. The van der Waals surface area contributed by atoms with Gasteiger partial charge in [-0.1, -0.05) is 13.8 Å². The highest BCUT2D eigenvalue weighted by Crippen LogP contribution is 2.29. The van der Waals surface area contributed by atoms with Crippen LogP contribution in [-0.4, -0.2) is 5.11 Å². The van der Waals surface area contributed by atoms with Gasteiger partial charge in [-0.15, -0.1) is 11.3 Å². The van der Waals surface area contributed by atoms with Crippen LogP contribution in [0.25, 0.3) is 0 Å². The first kappa shape index (κ1) is 7.61. The van der Waals surface area contributed by atoms with E-state index in [1.54, 1.807) is 0 Å². The standard InChI is InChI=1S/C8H12OS/c1-3-6-5-10-8(9)7(6)4-2/h5,9H,3-4H2,1-2H3. The van der Waals surface area contributed by atoms with Crippen LogP contribution in [-0.2, 0) is 12.8 Å². The highest BCUT2D eigenvalue weighted by atomic mass is 32.1. The van der Waals surface area contributed by atoms with Gasteiger partial charge in [-0.05, 0) is 23.8 Å². The molecule has 0 saturated heterocycles. The number of thiophene rings is 1. The van der Waals surface area contributed by atoms with Gasteiger partial charge in [-0.3, -0.25) is 0 Å². The first-order valence-electron chi connectivity index (χ1n) is 3.57. The second kappa shape index (κ2) is 3.06. The highest BCUT2D eigenvalue weighted by molar-refractivity contribution is 7.12. The molecular weight excluding hydrogens is 144 g/mol. The fraction of sp³-hybridized carbons (Fsp3) is 0.500. The van der Waals surface area contributed by atoms with Gasteiger partial charge in [0.2, 0.25) is 0 Å². The average Bonchev–Trinajstić information content (AvgIpc) is 2.30. The van der Waals surface area contributed by atoms with Gasteiger partial charge in [0.1, 0.15) is 0 Å². The Morgan fingerprint density at radius 1 is 1.40 bits per heavy atom. The molecule has 1 N–H and O–H groups in total. The molecule has 1 aromatic heterocycles. The number of rotatable bonds is 2. The summed E-state index contributed by atoms with van der Waals surface area (Å²) in [6.45, 7) is 4.18. The fourth-order valence-corrected chi connectivity index (χ4v) is 2.06. The Kier molecular flexibility index (Phi) is 2.33. The SMILES string of the molecule is CCc1csc(O)c1CC. The van der Waals surface area contributed by atoms with Crippen LogP contribution in [0.3, 0.4) is 0 Å².